The number of ether oxygens (including phenoxy) is 1. The molecule has 0 unspecified atom stereocenters. The number of carboxylic acids is 1. The number of rotatable bonds is 9. The summed E-state index contributed by atoms with van der Waals surface area (Å²) < 4.78 is 36.1. The molecule has 1 saturated carbocycles. The Balaban J connectivity index is 1.62. The molecule has 0 aromatic heterocycles. The maximum Gasteiger partial charge on any atom is 0.344 e. The third kappa shape index (κ3) is 5.02. The van der Waals surface area contributed by atoms with Crippen LogP contribution >= 0.6 is 11.6 Å². The zero-order valence-electron chi connectivity index (χ0n) is 17.6. The maximum absolute atomic E-state index is 16.3. The number of halogens is 3. The highest BCUT2D eigenvalue weighted by Gasteiger charge is 2.57. The highest BCUT2D eigenvalue weighted by molar-refractivity contribution is 6.30. The number of aliphatic hydroxyl groups is 1. The zero-order chi connectivity index (χ0) is 23.6. The van der Waals surface area contributed by atoms with Crippen molar-refractivity contribution in [1.82, 2.24) is 0 Å². The molecular formula is C26H23ClF2O4. The molecule has 3 aromatic rings. The molecule has 3 aromatic carbocycles. The highest BCUT2D eigenvalue weighted by Crippen LogP contribution is 2.51. The summed E-state index contributed by atoms with van der Waals surface area (Å²) in [6.45, 7) is 0. The molecule has 1 aliphatic rings. The van der Waals surface area contributed by atoms with Crippen molar-refractivity contribution in [3.63, 3.8) is 0 Å². The minimum atomic E-state index is -2.94. The van der Waals surface area contributed by atoms with Crippen molar-refractivity contribution in [3.05, 3.63) is 94.8 Å². The van der Waals surface area contributed by atoms with Crippen LogP contribution in [0.5, 0.6) is 11.5 Å². The van der Waals surface area contributed by atoms with Gasteiger partial charge in [-0.3, -0.25) is 0 Å². The van der Waals surface area contributed by atoms with Crippen LogP contribution in [0.4, 0.5) is 8.78 Å². The molecule has 172 valence electrons. The molecule has 0 amide bonds. The molecule has 4 rings (SSSR count). The molecule has 2 N–H and O–H groups in total. The first-order valence-electron chi connectivity index (χ1n) is 10.7. The van der Waals surface area contributed by atoms with Crippen LogP contribution in [0.25, 0.3) is 0 Å². The van der Waals surface area contributed by atoms with Crippen molar-refractivity contribution in [1.29, 1.82) is 0 Å². The van der Waals surface area contributed by atoms with Gasteiger partial charge in [-0.15, -0.1) is 0 Å². The monoisotopic (exact) mass is 472 g/mol. The number of carboxylic acid groups (broad SMARTS) is 1. The van der Waals surface area contributed by atoms with Gasteiger partial charge in [0.25, 0.3) is 0 Å². The van der Waals surface area contributed by atoms with Crippen molar-refractivity contribution in [3.8, 4) is 11.5 Å². The predicted molar refractivity (Wildman–Crippen MR) is 121 cm³/mol. The van der Waals surface area contributed by atoms with E-state index < -0.39 is 29.5 Å². The van der Waals surface area contributed by atoms with Crippen LogP contribution in [0.3, 0.4) is 0 Å². The van der Waals surface area contributed by atoms with Gasteiger partial charge in [0.05, 0.1) is 0 Å². The normalized spacial score (nSPS) is 17.1. The fourth-order valence-corrected chi connectivity index (χ4v) is 4.31. The van der Waals surface area contributed by atoms with Gasteiger partial charge < -0.3 is 14.9 Å². The second-order valence-corrected chi connectivity index (χ2v) is 8.78. The van der Waals surface area contributed by atoms with Gasteiger partial charge in [-0.1, -0.05) is 48.0 Å². The molecular weight excluding hydrogens is 450 g/mol. The molecule has 0 saturated heterocycles. The summed E-state index contributed by atoms with van der Waals surface area (Å²) in [6.07, 6.45) is -0.855. The van der Waals surface area contributed by atoms with E-state index in [1.165, 1.54) is 12.1 Å². The van der Waals surface area contributed by atoms with E-state index in [4.69, 9.17) is 16.3 Å². The number of aliphatic carboxylic acids is 1. The van der Waals surface area contributed by atoms with Crippen LogP contribution in [-0.2, 0) is 11.2 Å². The van der Waals surface area contributed by atoms with Gasteiger partial charge in [0, 0.05) is 17.4 Å². The fourth-order valence-electron chi connectivity index (χ4n) is 4.18. The largest absolute Gasteiger partial charge is 0.479 e. The van der Waals surface area contributed by atoms with Gasteiger partial charge in [0.15, 0.2) is 11.6 Å². The van der Waals surface area contributed by atoms with Gasteiger partial charge >= 0.3 is 5.97 Å². The Morgan fingerprint density at radius 3 is 2.36 bits per heavy atom. The molecule has 3 atom stereocenters. The lowest BCUT2D eigenvalue weighted by Gasteiger charge is -2.35. The van der Waals surface area contributed by atoms with Crippen LogP contribution in [0.2, 0.25) is 5.02 Å². The maximum atomic E-state index is 16.3. The molecule has 0 heterocycles. The standard InChI is InChI=1S/C26H23ClF2O4/c27-19-11-9-18(10-12-19)24(17-7-8-17)26(29,25(31)32)23(30)15-16-6-13-21(28)22(14-16)33-20-4-2-1-3-5-20/h1-6,9-14,17,23-24,30H,7-8,15H2,(H,31,32)/t23-,24+,26-/m1/s1. The molecule has 0 aliphatic heterocycles. The minimum absolute atomic E-state index is 0.0953. The Morgan fingerprint density at radius 1 is 1.09 bits per heavy atom. The SMILES string of the molecule is O=C(O)[C@@](F)([C@H](O)Cc1ccc(F)c(Oc2ccccc2)c1)[C@H](c1ccc(Cl)cc1)C1CC1. The van der Waals surface area contributed by atoms with E-state index in [2.05, 4.69) is 0 Å². The molecule has 33 heavy (non-hydrogen) atoms. The summed E-state index contributed by atoms with van der Waals surface area (Å²) in [5.74, 6) is -3.28. The lowest BCUT2D eigenvalue weighted by Crippen LogP contribution is -2.52. The summed E-state index contributed by atoms with van der Waals surface area (Å²) in [4.78, 5) is 12.2. The summed E-state index contributed by atoms with van der Waals surface area (Å²) in [5, 5.41) is 21.2. The quantitative estimate of drug-likeness (QED) is 0.391. The van der Waals surface area contributed by atoms with Gasteiger partial charge in [-0.05, 0) is 66.3 Å². The van der Waals surface area contributed by atoms with E-state index in [9.17, 15) is 19.4 Å². The zero-order valence-corrected chi connectivity index (χ0v) is 18.4. The van der Waals surface area contributed by atoms with Crippen molar-refractivity contribution in [2.75, 3.05) is 0 Å². The summed E-state index contributed by atoms with van der Waals surface area (Å²) in [7, 11) is 0. The Bertz CT molecular complexity index is 1120. The van der Waals surface area contributed by atoms with E-state index in [1.54, 1.807) is 54.6 Å². The smallest absolute Gasteiger partial charge is 0.344 e. The van der Waals surface area contributed by atoms with Gasteiger partial charge in [-0.2, -0.15) is 0 Å². The first-order valence-corrected chi connectivity index (χ1v) is 11.0. The van der Waals surface area contributed by atoms with E-state index >= 15 is 4.39 Å². The summed E-state index contributed by atoms with van der Waals surface area (Å²) in [6, 6.07) is 18.8. The van der Waals surface area contributed by atoms with Crippen LogP contribution in [0.1, 0.15) is 29.9 Å². The Hall–Kier alpha value is -2.96. The molecule has 1 aliphatic carbocycles. The topological polar surface area (TPSA) is 66.8 Å². The number of hydrogen-bond donors (Lipinski definition) is 2. The number of para-hydroxylation sites is 1. The van der Waals surface area contributed by atoms with E-state index in [0.29, 0.717) is 34.7 Å². The predicted octanol–water partition coefficient (Wildman–Crippen LogP) is 6.16. The van der Waals surface area contributed by atoms with Crippen molar-refractivity contribution < 1.29 is 28.5 Å². The number of carbonyl (C=O) groups is 1. The van der Waals surface area contributed by atoms with E-state index in [-0.39, 0.29) is 18.1 Å². The number of aliphatic hydroxyl groups excluding tert-OH is 1. The molecule has 1 fully saturated rings. The molecule has 0 spiro atoms. The first kappa shape index (κ1) is 23.2. The molecule has 4 nitrogen and oxygen atoms in total. The summed E-state index contributed by atoms with van der Waals surface area (Å²) >= 11 is 5.94. The van der Waals surface area contributed by atoms with E-state index in [0.717, 1.165) is 6.07 Å². The second kappa shape index (κ2) is 9.49. The Morgan fingerprint density at radius 2 is 1.76 bits per heavy atom. The number of benzene rings is 3. The first-order chi connectivity index (χ1) is 15.8. The van der Waals surface area contributed by atoms with Gasteiger partial charge in [0.1, 0.15) is 11.9 Å². The number of alkyl halides is 1. The van der Waals surface area contributed by atoms with E-state index in [1.807, 2.05) is 0 Å². The lowest BCUT2D eigenvalue weighted by atomic mass is 9.75. The number of hydrogen-bond acceptors (Lipinski definition) is 3. The molecule has 7 heteroatoms. The third-order valence-electron chi connectivity index (χ3n) is 5.98. The fraction of sp³-hybridized carbons (Fsp3) is 0.269. The Kier molecular flexibility index (Phi) is 6.68. The van der Waals surface area contributed by atoms with Crippen LogP contribution < -0.4 is 4.74 Å². The molecule has 0 bridgehead atoms. The highest BCUT2D eigenvalue weighted by atomic mass is 35.5. The Labute approximate surface area is 195 Å². The average Bonchev–Trinajstić information content (AvgIpc) is 3.63. The third-order valence-corrected chi connectivity index (χ3v) is 6.24. The summed E-state index contributed by atoms with van der Waals surface area (Å²) in [5.41, 5.74) is -2.12. The van der Waals surface area contributed by atoms with Crippen LogP contribution in [0.15, 0.2) is 72.8 Å². The van der Waals surface area contributed by atoms with Crippen LogP contribution in [-0.4, -0.2) is 28.0 Å². The van der Waals surface area contributed by atoms with Gasteiger partial charge in [-0.25, -0.2) is 13.6 Å². The van der Waals surface area contributed by atoms with Crippen molar-refractivity contribution >= 4 is 17.6 Å². The van der Waals surface area contributed by atoms with Crippen molar-refractivity contribution in [2.45, 2.75) is 37.0 Å². The van der Waals surface area contributed by atoms with Crippen molar-refractivity contribution in [2.24, 2.45) is 5.92 Å². The van der Waals surface area contributed by atoms with Crippen LogP contribution in [0, 0.1) is 11.7 Å². The lowest BCUT2D eigenvalue weighted by molar-refractivity contribution is -0.163. The van der Waals surface area contributed by atoms with Gasteiger partial charge in [0.2, 0.25) is 5.67 Å². The molecule has 0 radical (unpaired) electrons. The minimum Gasteiger partial charge on any atom is -0.479 e. The average molecular weight is 473 g/mol. The second-order valence-electron chi connectivity index (χ2n) is 8.34.